The minimum Gasteiger partial charge on any atom is -0.306 e. The summed E-state index contributed by atoms with van der Waals surface area (Å²) in [6, 6.07) is 16.3. The lowest BCUT2D eigenvalue weighted by atomic mass is 9.94. The largest absolute Gasteiger partial charge is 0.306 e. The van der Waals surface area contributed by atoms with Gasteiger partial charge >= 0.3 is 0 Å². The summed E-state index contributed by atoms with van der Waals surface area (Å²) < 4.78 is 13.1. The van der Waals surface area contributed by atoms with Crippen molar-refractivity contribution in [3.05, 3.63) is 71.0 Å². The van der Waals surface area contributed by atoms with Crippen LogP contribution >= 0.6 is 0 Å². The maximum atomic E-state index is 13.1. The van der Waals surface area contributed by atoms with E-state index in [-0.39, 0.29) is 11.9 Å². The Morgan fingerprint density at radius 1 is 0.952 bits per heavy atom. The van der Waals surface area contributed by atoms with E-state index < -0.39 is 0 Å². The van der Waals surface area contributed by atoms with Gasteiger partial charge in [-0.2, -0.15) is 0 Å². The molecule has 0 fully saturated rings. The first-order valence-electron chi connectivity index (χ1n) is 7.72. The second-order valence-corrected chi connectivity index (χ2v) is 6.31. The third kappa shape index (κ3) is 3.16. The van der Waals surface area contributed by atoms with Crippen LogP contribution in [-0.2, 0) is 12.8 Å². The SMILES string of the molecule is CC(C)C(NC1Cc2ccccc2C1)c1ccc(F)cc1. The molecule has 110 valence electrons. The van der Waals surface area contributed by atoms with Crippen LogP contribution in [0.4, 0.5) is 4.39 Å². The van der Waals surface area contributed by atoms with Gasteiger partial charge < -0.3 is 5.32 Å². The monoisotopic (exact) mass is 283 g/mol. The van der Waals surface area contributed by atoms with E-state index in [1.54, 1.807) is 12.1 Å². The molecule has 1 aliphatic carbocycles. The Kier molecular flexibility index (Phi) is 4.07. The summed E-state index contributed by atoms with van der Waals surface area (Å²) in [5.41, 5.74) is 4.08. The lowest BCUT2D eigenvalue weighted by Crippen LogP contribution is -2.36. The number of nitrogens with one attached hydrogen (secondary N) is 1. The molecule has 0 saturated heterocycles. The highest BCUT2D eigenvalue weighted by atomic mass is 19.1. The van der Waals surface area contributed by atoms with Crippen molar-refractivity contribution in [1.82, 2.24) is 5.32 Å². The quantitative estimate of drug-likeness (QED) is 0.883. The Hall–Kier alpha value is -1.67. The second kappa shape index (κ2) is 5.98. The maximum absolute atomic E-state index is 13.1. The molecule has 1 atom stereocenters. The summed E-state index contributed by atoms with van der Waals surface area (Å²) in [4.78, 5) is 0. The molecule has 2 aromatic rings. The Bertz CT molecular complexity index is 578. The third-order valence-corrected chi connectivity index (χ3v) is 4.36. The van der Waals surface area contributed by atoms with Crippen molar-refractivity contribution in [2.75, 3.05) is 0 Å². The molecule has 0 aliphatic heterocycles. The molecule has 0 spiro atoms. The van der Waals surface area contributed by atoms with Crippen LogP contribution in [0.1, 0.15) is 36.6 Å². The predicted molar refractivity (Wildman–Crippen MR) is 84.8 cm³/mol. The van der Waals surface area contributed by atoms with Crippen molar-refractivity contribution >= 4 is 0 Å². The van der Waals surface area contributed by atoms with Gasteiger partial charge in [0.1, 0.15) is 5.82 Å². The molecule has 1 nitrogen and oxygen atoms in total. The fourth-order valence-electron chi connectivity index (χ4n) is 3.27. The first kappa shape index (κ1) is 14.3. The van der Waals surface area contributed by atoms with Gasteiger partial charge in [-0.15, -0.1) is 0 Å². The minimum atomic E-state index is -0.172. The zero-order valence-corrected chi connectivity index (χ0v) is 12.6. The van der Waals surface area contributed by atoms with E-state index in [4.69, 9.17) is 0 Å². The summed E-state index contributed by atoms with van der Waals surface area (Å²) in [6.45, 7) is 4.42. The molecule has 0 radical (unpaired) electrons. The van der Waals surface area contributed by atoms with Gasteiger partial charge in [0.2, 0.25) is 0 Å². The smallest absolute Gasteiger partial charge is 0.123 e. The first-order valence-corrected chi connectivity index (χ1v) is 7.72. The first-order chi connectivity index (χ1) is 10.1. The van der Waals surface area contributed by atoms with E-state index in [0.717, 1.165) is 12.8 Å². The summed E-state index contributed by atoms with van der Waals surface area (Å²) in [5.74, 6) is 0.300. The predicted octanol–water partition coefficient (Wildman–Crippen LogP) is 4.28. The Labute approximate surface area is 126 Å². The summed E-state index contributed by atoms with van der Waals surface area (Å²) >= 11 is 0. The fraction of sp³-hybridized carbons (Fsp3) is 0.368. The second-order valence-electron chi connectivity index (χ2n) is 6.31. The van der Waals surface area contributed by atoms with Gasteiger partial charge in [-0.3, -0.25) is 0 Å². The molecule has 1 unspecified atom stereocenters. The van der Waals surface area contributed by atoms with Crippen LogP contribution in [0.25, 0.3) is 0 Å². The van der Waals surface area contributed by atoms with Crippen LogP contribution in [-0.4, -0.2) is 6.04 Å². The Balaban J connectivity index is 1.74. The molecule has 3 rings (SSSR count). The van der Waals surface area contributed by atoms with E-state index in [9.17, 15) is 4.39 Å². The van der Waals surface area contributed by atoms with E-state index in [2.05, 4.69) is 43.4 Å². The van der Waals surface area contributed by atoms with Crippen LogP contribution in [0.3, 0.4) is 0 Å². The van der Waals surface area contributed by atoms with Crippen molar-refractivity contribution in [3.8, 4) is 0 Å². The number of benzene rings is 2. The third-order valence-electron chi connectivity index (χ3n) is 4.36. The van der Waals surface area contributed by atoms with E-state index in [0.29, 0.717) is 12.0 Å². The molecule has 21 heavy (non-hydrogen) atoms. The van der Waals surface area contributed by atoms with E-state index in [1.165, 1.54) is 16.7 Å². The highest BCUT2D eigenvalue weighted by Gasteiger charge is 2.25. The molecule has 2 aromatic carbocycles. The van der Waals surface area contributed by atoms with Gasteiger partial charge in [0.15, 0.2) is 0 Å². The van der Waals surface area contributed by atoms with Crippen molar-refractivity contribution in [3.63, 3.8) is 0 Å². The lowest BCUT2D eigenvalue weighted by molar-refractivity contribution is 0.363. The van der Waals surface area contributed by atoms with Crippen molar-refractivity contribution in [2.45, 2.75) is 38.8 Å². The standard InChI is InChI=1S/C19H22FN/c1-13(2)19(14-7-9-17(20)10-8-14)21-18-11-15-5-3-4-6-16(15)12-18/h3-10,13,18-19,21H,11-12H2,1-2H3. The zero-order chi connectivity index (χ0) is 14.8. The molecule has 0 heterocycles. The summed E-state index contributed by atoms with van der Waals surface area (Å²) in [5, 5.41) is 3.78. The number of fused-ring (bicyclic) bond motifs is 1. The summed E-state index contributed by atoms with van der Waals surface area (Å²) in [6.07, 6.45) is 2.17. The maximum Gasteiger partial charge on any atom is 0.123 e. The van der Waals surface area contributed by atoms with Gasteiger partial charge in [-0.25, -0.2) is 4.39 Å². The number of halogens is 1. The molecule has 0 aromatic heterocycles. The average molecular weight is 283 g/mol. The topological polar surface area (TPSA) is 12.0 Å². The molecule has 2 heteroatoms. The lowest BCUT2D eigenvalue weighted by Gasteiger charge is -2.26. The van der Waals surface area contributed by atoms with Gasteiger partial charge in [-0.1, -0.05) is 50.2 Å². The Morgan fingerprint density at radius 3 is 2.05 bits per heavy atom. The fourth-order valence-corrected chi connectivity index (χ4v) is 3.27. The average Bonchev–Trinajstić information content (AvgIpc) is 2.88. The van der Waals surface area contributed by atoms with Gasteiger partial charge in [0.25, 0.3) is 0 Å². The number of hydrogen-bond acceptors (Lipinski definition) is 1. The molecule has 1 aliphatic rings. The van der Waals surface area contributed by atoms with E-state index in [1.807, 2.05) is 12.1 Å². The highest BCUT2D eigenvalue weighted by molar-refractivity contribution is 5.33. The van der Waals surface area contributed by atoms with Crippen LogP contribution < -0.4 is 5.32 Å². The van der Waals surface area contributed by atoms with Gasteiger partial charge in [0.05, 0.1) is 0 Å². The molecular formula is C19H22FN. The molecule has 1 N–H and O–H groups in total. The number of hydrogen-bond donors (Lipinski definition) is 1. The van der Waals surface area contributed by atoms with Gasteiger partial charge in [0, 0.05) is 12.1 Å². The van der Waals surface area contributed by atoms with E-state index >= 15 is 0 Å². The molecule has 0 bridgehead atoms. The Morgan fingerprint density at radius 2 is 1.52 bits per heavy atom. The van der Waals surface area contributed by atoms with Crippen LogP contribution in [0.2, 0.25) is 0 Å². The van der Waals surface area contributed by atoms with Crippen molar-refractivity contribution in [2.24, 2.45) is 5.92 Å². The zero-order valence-electron chi connectivity index (χ0n) is 12.6. The normalized spacial score (nSPS) is 16.2. The van der Waals surface area contributed by atoms with Gasteiger partial charge in [-0.05, 0) is 47.6 Å². The molecule has 0 amide bonds. The van der Waals surface area contributed by atoms with Crippen LogP contribution in [0.15, 0.2) is 48.5 Å². The van der Waals surface area contributed by atoms with Crippen LogP contribution in [0, 0.1) is 11.7 Å². The molecule has 0 saturated carbocycles. The van der Waals surface area contributed by atoms with Crippen molar-refractivity contribution in [1.29, 1.82) is 0 Å². The van der Waals surface area contributed by atoms with Crippen molar-refractivity contribution < 1.29 is 4.39 Å². The van der Waals surface area contributed by atoms with Crippen LogP contribution in [0.5, 0.6) is 0 Å². The summed E-state index contributed by atoms with van der Waals surface area (Å²) in [7, 11) is 0. The minimum absolute atomic E-state index is 0.172. The molecular weight excluding hydrogens is 261 g/mol. The number of rotatable bonds is 4. The highest BCUT2D eigenvalue weighted by Crippen LogP contribution is 2.27.